The maximum Gasteiger partial charge on any atom is 0.347 e. The van der Waals surface area contributed by atoms with E-state index < -0.39 is 5.97 Å². The number of methoxy groups -OCH3 is 1. The van der Waals surface area contributed by atoms with Crippen molar-refractivity contribution in [2.45, 2.75) is 45.1 Å². The number of carboxylic acids is 1. The van der Waals surface area contributed by atoms with Crippen LogP contribution in [-0.2, 0) is 4.74 Å². The first-order valence-electron chi connectivity index (χ1n) is 7.08. The lowest BCUT2D eigenvalue weighted by molar-refractivity contribution is 0.0700. The number of carbonyl (C=O) groups is 1. The number of thiazole rings is 1. The average molecular weight is 298 g/mol. The fourth-order valence-electron chi connectivity index (χ4n) is 2.13. The lowest BCUT2D eigenvalue weighted by Crippen LogP contribution is -2.29. The SMILES string of the molecule is CCC(C)c1nc(N(CCOC)C2CC2)sc1C(=O)O. The van der Waals surface area contributed by atoms with Gasteiger partial charge in [0.1, 0.15) is 4.88 Å². The number of anilines is 1. The van der Waals surface area contributed by atoms with Gasteiger partial charge in [-0.15, -0.1) is 0 Å². The number of ether oxygens (including phenoxy) is 1. The second kappa shape index (κ2) is 6.54. The molecule has 1 N–H and O–H groups in total. The average Bonchev–Trinajstić information content (AvgIpc) is 3.16. The zero-order chi connectivity index (χ0) is 14.7. The highest BCUT2D eigenvalue weighted by atomic mass is 32.1. The van der Waals surface area contributed by atoms with Crippen LogP contribution < -0.4 is 4.90 Å². The molecule has 1 unspecified atom stereocenters. The quantitative estimate of drug-likeness (QED) is 0.799. The summed E-state index contributed by atoms with van der Waals surface area (Å²) in [6.07, 6.45) is 3.21. The number of aromatic carboxylic acids is 1. The summed E-state index contributed by atoms with van der Waals surface area (Å²) in [6.45, 7) is 5.49. The van der Waals surface area contributed by atoms with Crippen LogP contribution in [0.2, 0.25) is 0 Å². The Morgan fingerprint density at radius 3 is 2.80 bits per heavy atom. The van der Waals surface area contributed by atoms with Crippen molar-refractivity contribution in [1.82, 2.24) is 4.98 Å². The molecule has 1 heterocycles. The number of hydrogen-bond donors (Lipinski definition) is 1. The largest absolute Gasteiger partial charge is 0.477 e. The summed E-state index contributed by atoms with van der Waals surface area (Å²) in [6, 6.07) is 0.503. The summed E-state index contributed by atoms with van der Waals surface area (Å²) in [5.41, 5.74) is 0.725. The summed E-state index contributed by atoms with van der Waals surface area (Å²) in [4.78, 5) is 18.6. The Morgan fingerprint density at radius 1 is 1.60 bits per heavy atom. The number of carboxylic acid groups (broad SMARTS) is 1. The molecule has 1 aromatic heterocycles. The smallest absolute Gasteiger partial charge is 0.347 e. The molecule has 1 aliphatic carbocycles. The monoisotopic (exact) mass is 298 g/mol. The Kier molecular flexibility index (Phi) is 4.99. The van der Waals surface area contributed by atoms with Gasteiger partial charge in [0.2, 0.25) is 0 Å². The molecular formula is C14H22N2O3S. The number of rotatable bonds is 8. The van der Waals surface area contributed by atoms with Crippen LogP contribution in [0, 0.1) is 0 Å². The van der Waals surface area contributed by atoms with Gasteiger partial charge in [0.25, 0.3) is 0 Å². The molecule has 1 atom stereocenters. The van der Waals surface area contributed by atoms with Gasteiger partial charge < -0.3 is 14.7 Å². The number of hydrogen-bond acceptors (Lipinski definition) is 5. The molecule has 0 aromatic carbocycles. The fraction of sp³-hybridized carbons (Fsp3) is 0.714. The summed E-state index contributed by atoms with van der Waals surface area (Å²) in [5, 5.41) is 10.2. The fourth-order valence-corrected chi connectivity index (χ4v) is 3.26. The Hall–Kier alpha value is -1.14. The van der Waals surface area contributed by atoms with Crippen LogP contribution in [0.4, 0.5) is 5.13 Å². The molecule has 112 valence electrons. The van der Waals surface area contributed by atoms with Crippen molar-refractivity contribution >= 4 is 22.4 Å². The first kappa shape index (κ1) is 15.3. The minimum Gasteiger partial charge on any atom is -0.477 e. The van der Waals surface area contributed by atoms with Gasteiger partial charge in [0.15, 0.2) is 5.13 Å². The highest BCUT2D eigenvalue weighted by Gasteiger charge is 2.32. The predicted molar refractivity (Wildman–Crippen MR) is 80.0 cm³/mol. The molecular weight excluding hydrogens is 276 g/mol. The highest BCUT2D eigenvalue weighted by molar-refractivity contribution is 7.17. The minimum absolute atomic E-state index is 0.176. The Balaban J connectivity index is 2.28. The second-order valence-electron chi connectivity index (χ2n) is 5.24. The maximum absolute atomic E-state index is 11.4. The van der Waals surface area contributed by atoms with E-state index >= 15 is 0 Å². The van der Waals surface area contributed by atoms with E-state index in [4.69, 9.17) is 4.74 Å². The van der Waals surface area contributed by atoms with Crippen molar-refractivity contribution in [3.05, 3.63) is 10.6 Å². The van der Waals surface area contributed by atoms with Gasteiger partial charge in [-0.05, 0) is 25.2 Å². The van der Waals surface area contributed by atoms with E-state index in [-0.39, 0.29) is 5.92 Å². The minimum atomic E-state index is -0.869. The van der Waals surface area contributed by atoms with E-state index in [1.165, 1.54) is 11.3 Å². The van der Waals surface area contributed by atoms with Crippen molar-refractivity contribution in [3.8, 4) is 0 Å². The third kappa shape index (κ3) is 3.30. The van der Waals surface area contributed by atoms with Crippen molar-refractivity contribution in [3.63, 3.8) is 0 Å². The van der Waals surface area contributed by atoms with Gasteiger partial charge in [0, 0.05) is 19.7 Å². The zero-order valence-electron chi connectivity index (χ0n) is 12.3. The molecule has 1 fully saturated rings. The van der Waals surface area contributed by atoms with Crippen LogP contribution in [-0.4, -0.2) is 42.4 Å². The molecule has 0 amide bonds. The first-order valence-corrected chi connectivity index (χ1v) is 7.89. The Labute approximate surface area is 123 Å². The number of nitrogens with zero attached hydrogens (tertiary/aromatic N) is 2. The van der Waals surface area contributed by atoms with Crippen LogP contribution in [0.1, 0.15) is 54.4 Å². The second-order valence-corrected chi connectivity index (χ2v) is 6.22. The third-order valence-electron chi connectivity index (χ3n) is 3.69. The van der Waals surface area contributed by atoms with E-state index in [0.717, 1.165) is 36.6 Å². The van der Waals surface area contributed by atoms with Crippen molar-refractivity contribution < 1.29 is 14.6 Å². The molecule has 20 heavy (non-hydrogen) atoms. The molecule has 0 saturated heterocycles. The molecule has 0 spiro atoms. The van der Waals surface area contributed by atoms with Crippen LogP contribution >= 0.6 is 11.3 Å². The van der Waals surface area contributed by atoms with Gasteiger partial charge in [0.05, 0.1) is 12.3 Å². The summed E-state index contributed by atoms with van der Waals surface area (Å²) in [5.74, 6) is -0.693. The molecule has 0 bridgehead atoms. The maximum atomic E-state index is 11.4. The molecule has 1 saturated carbocycles. The topological polar surface area (TPSA) is 62.7 Å². The third-order valence-corrected chi connectivity index (χ3v) is 4.78. The van der Waals surface area contributed by atoms with Crippen molar-refractivity contribution in [1.29, 1.82) is 0 Å². The molecule has 1 aliphatic rings. The van der Waals surface area contributed by atoms with E-state index in [1.54, 1.807) is 7.11 Å². The molecule has 2 rings (SSSR count). The van der Waals surface area contributed by atoms with Gasteiger partial charge >= 0.3 is 5.97 Å². The molecule has 0 aliphatic heterocycles. The van der Waals surface area contributed by atoms with Gasteiger partial charge in [-0.3, -0.25) is 0 Å². The molecule has 5 nitrogen and oxygen atoms in total. The molecule has 0 radical (unpaired) electrons. The number of aromatic nitrogens is 1. The van der Waals surface area contributed by atoms with E-state index in [1.807, 2.05) is 6.92 Å². The van der Waals surface area contributed by atoms with E-state index in [2.05, 4.69) is 16.8 Å². The Bertz CT molecular complexity index is 471. The van der Waals surface area contributed by atoms with Crippen molar-refractivity contribution in [2.24, 2.45) is 0 Å². The summed E-state index contributed by atoms with van der Waals surface area (Å²) >= 11 is 1.30. The standard InChI is InChI=1S/C14H22N2O3S/c1-4-9(2)11-12(13(17)18)20-14(15-11)16(7-8-19-3)10-5-6-10/h9-10H,4-8H2,1-3H3,(H,17,18). The van der Waals surface area contributed by atoms with Gasteiger partial charge in [-0.1, -0.05) is 25.2 Å². The van der Waals surface area contributed by atoms with Crippen LogP contribution in [0.5, 0.6) is 0 Å². The highest BCUT2D eigenvalue weighted by Crippen LogP contribution is 2.37. The van der Waals surface area contributed by atoms with E-state index in [0.29, 0.717) is 17.5 Å². The first-order chi connectivity index (χ1) is 9.58. The van der Waals surface area contributed by atoms with Gasteiger partial charge in [-0.25, -0.2) is 9.78 Å². The lowest BCUT2D eigenvalue weighted by Gasteiger charge is -2.20. The zero-order valence-corrected chi connectivity index (χ0v) is 13.1. The summed E-state index contributed by atoms with van der Waals surface area (Å²) in [7, 11) is 1.68. The van der Waals surface area contributed by atoms with Crippen LogP contribution in [0.3, 0.4) is 0 Å². The summed E-state index contributed by atoms with van der Waals surface area (Å²) < 4.78 is 5.14. The van der Waals surface area contributed by atoms with Crippen molar-refractivity contribution in [2.75, 3.05) is 25.2 Å². The molecule has 1 aromatic rings. The van der Waals surface area contributed by atoms with E-state index in [9.17, 15) is 9.90 Å². The molecule has 6 heteroatoms. The van der Waals surface area contributed by atoms with Gasteiger partial charge in [-0.2, -0.15) is 0 Å². The Morgan fingerprint density at radius 2 is 2.30 bits per heavy atom. The van der Waals surface area contributed by atoms with Crippen LogP contribution in [0.15, 0.2) is 0 Å². The predicted octanol–water partition coefficient (Wildman–Crippen LogP) is 2.97. The normalized spacial score (nSPS) is 16.1. The lowest BCUT2D eigenvalue weighted by atomic mass is 10.0. The van der Waals surface area contributed by atoms with Crippen LogP contribution in [0.25, 0.3) is 0 Å².